The molecule has 3 aliphatic rings. The molecule has 25 heteroatoms. The van der Waals surface area contributed by atoms with Crippen molar-refractivity contribution in [2.45, 2.75) is 139 Å². The molecule has 2 saturated carbocycles. The fourth-order valence-corrected chi connectivity index (χ4v) is 11.9. The molecule has 0 N–H and O–H groups in total. The van der Waals surface area contributed by atoms with Crippen molar-refractivity contribution in [3.8, 4) is 35.1 Å². The van der Waals surface area contributed by atoms with E-state index in [0.29, 0.717) is 89.7 Å². The summed E-state index contributed by atoms with van der Waals surface area (Å²) in [7, 11) is 0. The van der Waals surface area contributed by atoms with Crippen molar-refractivity contribution < 1.29 is 100 Å². The molecule has 2 aliphatic carbocycles. The number of hydrogen-bond acceptors (Lipinski definition) is 25. The van der Waals surface area contributed by atoms with Crippen LogP contribution in [0.25, 0.3) is 0 Å². The van der Waals surface area contributed by atoms with Gasteiger partial charge in [-0.3, -0.25) is 38.4 Å². The Balaban J connectivity index is 0.885. The molecule has 2 fully saturated rings. The highest BCUT2D eigenvalue weighted by Gasteiger charge is 2.37. The number of hydrogen-bond donors (Lipinski definition) is 0. The van der Waals surface area contributed by atoms with Gasteiger partial charge in [-0.2, -0.15) is 10.5 Å². The first kappa shape index (κ1) is 70.3. The molecule has 0 amide bonds. The lowest BCUT2D eigenvalue weighted by Crippen LogP contribution is -2.30. The van der Waals surface area contributed by atoms with E-state index in [4.69, 9.17) is 52.1 Å². The number of esters is 10. The zero-order valence-corrected chi connectivity index (χ0v) is 51.7. The van der Waals surface area contributed by atoms with E-state index in [9.17, 15) is 58.5 Å². The Hall–Kier alpha value is -8.78. The molecule has 0 radical (unpaired) electrons. The third-order valence-electron chi connectivity index (χ3n) is 14.3. The van der Waals surface area contributed by atoms with Crippen LogP contribution in [0.2, 0.25) is 0 Å². The summed E-state index contributed by atoms with van der Waals surface area (Å²) >= 11 is 2.09. The highest BCUT2D eigenvalue weighted by molar-refractivity contribution is 8.24. The number of allylic oxidation sites excluding steroid dienone is 1. The number of carbonyl (C=O) groups excluding carboxylic acids is 10. The number of thioether (sulfide) groups is 2. The first-order chi connectivity index (χ1) is 43.2. The standard InChI is InChI=1S/C65H70N2O21S2/c1-6-53(68)80-36-39(3)83-40(4)37-82-57(72)27-26-55(70)78-32-30-42-8-20-49(21-9-42)85-61(74)44-12-16-46(17-13-44)63(76)87-51-24-25-52(60-59(51)89-65(90-60)48(34-66)35-67)88-64(77)47-18-14-45(15-19-47)62(75)86-50-22-10-43(11-23-50)31-33-79-56(71)28-29-58(73)84-41(5)38-81-54(69)7-2/h6-11,20-25,39-41,44-47H,1-2,12-19,26-33,36-38H2,3-5H3/t39?,40?,41?,44-,45-,46-,47-. The maximum atomic E-state index is 13.7. The average Bonchev–Trinajstić information content (AvgIpc) is 1.65. The molecule has 0 saturated heterocycles. The number of fused-ring (bicyclic) bond motifs is 1. The van der Waals surface area contributed by atoms with Gasteiger partial charge in [0.15, 0.2) is 0 Å². The van der Waals surface area contributed by atoms with Gasteiger partial charge < -0.3 is 52.1 Å². The zero-order valence-electron chi connectivity index (χ0n) is 50.1. The second-order valence-corrected chi connectivity index (χ2v) is 23.5. The van der Waals surface area contributed by atoms with E-state index >= 15 is 0 Å². The number of carbonyl (C=O) groups is 10. The average molecular weight is 1280 g/mol. The summed E-state index contributed by atoms with van der Waals surface area (Å²) < 4.78 is 59.7. The van der Waals surface area contributed by atoms with Gasteiger partial charge in [-0.05, 0) is 120 Å². The summed E-state index contributed by atoms with van der Waals surface area (Å²) in [6.45, 7) is 11.5. The van der Waals surface area contributed by atoms with Gasteiger partial charge >= 0.3 is 59.7 Å². The Morgan fingerprint density at radius 1 is 0.478 bits per heavy atom. The van der Waals surface area contributed by atoms with Crippen molar-refractivity contribution >= 4 is 83.2 Å². The summed E-state index contributed by atoms with van der Waals surface area (Å²) in [5.41, 5.74) is 1.43. The molecule has 3 aromatic carbocycles. The van der Waals surface area contributed by atoms with Crippen molar-refractivity contribution in [1.29, 1.82) is 10.5 Å². The zero-order chi connectivity index (χ0) is 65.1. The summed E-state index contributed by atoms with van der Waals surface area (Å²) in [6.07, 6.45) is 3.16. The molecular formula is C65H70N2O21S2. The van der Waals surface area contributed by atoms with Crippen LogP contribution in [-0.4, -0.2) is 111 Å². The number of rotatable bonds is 31. The van der Waals surface area contributed by atoms with Gasteiger partial charge in [-0.15, -0.1) is 0 Å². The van der Waals surface area contributed by atoms with Crippen LogP contribution in [-0.2, 0) is 93.9 Å². The van der Waals surface area contributed by atoms with E-state index in [1.54, 1.807) is 69.3 Å². The molecule has 6 rings (SSSR count). The van der Waals surface area contributed by atoms with Crippen molar-refractivity contribution in [3.05, 3.63) is 107 Å². The van der Waals surface area contributed by atoms with E-state index in [1.165, 1.54) is 12.1 Å². The summed E-state index contributed by atoms with van der Waals surface area (Å²) in [5.74, 6) is -6.73. The lowest BCUT2D eigenvalue weighted by molar-refractivity contribution is -0.157. The number of benzene rings is 3. The molecule has 90 heavy (non-hydrogen) atoms. The van der Waals surface area contributed by atoms with E-state index < -0.39 is 102 Å². The van der Waals surface area contributed by atoms with Crippen LogP contribution in [0.4, 0.5) is 0 Å². The van der Waals surface area contributed by atoms with Crippen LogP contribution < -0.4 is 18.9 Å². The maximum Gasteiger partial charge on any atom is 0.330 e. The molecule has 23 nitrogen and oxygen atoms in total. The van der Waals surface area contributed by atoms with Gasteiger partial charge in [0.2, 0.25) is 0 Å². The van der Waals surface area contributed by atoms with E-state index in [-0.39, 0.29) is 75.8 Å². The van der Waals surface area contributed by atoms with E-state index in [2.05, 4.69) is 13.2 Å². The van der Waals surface area contributed by atoms with Gasteiger partial charge in [0.05, 0.1) is 88.8 Å². The number of nitrogens with zero attached hydrogens (tertiary/aromatic N) is 2. The molecule has 0 bridgehead atoms. The highest BCUT2D eigenvalue weighted by atomic mass is 32.2. The normalized spacial score (nSPS) is 17.5. The monoisotopic (exact) mass is 1280 g/mol. The van der Waals surface area contributed by atoms with Crippen molar-refractivity contribution in [1.82, 2.24) is 0 Å². The van der Waals surface area contributed by atoms with Crippen LogP contribution in [0.15, 0.2) is 106 Å². The van der Waals surface area contributed by atoms with Gasteiger partial charge in [-0.25, -0.2) is 9.59 Å². The topological polar surface area (TPSA) is 320 Å². The number of nitriles is 2. The van der Waals surface area contributed by atoms with Gasteiger partial charge in [0, 0.05) is 25.0 Å². The molecule has 1 aliphatic heterocycles. The summed E-state index contributed by atoms with van der Waals surface area (Å²) in [4.78, 5) is 126. The smallest absolute Gasteiger partial charge is 0.330 e. The molecule has 3 atom stereocenters. The predicted molar refractivity (Wildman–Crippen MR) is 319 cm³/mol. The molecule has 1 heterocycles. The minimum Gasteiger partial charge on any atom is -0.465 e. The first-order valence-corrected chi connectivity index (χ1v) is 30.9. The van der Waals surface area contributed by atoms with Crippen molar-refractivity contribution in [2.75, 3.05) is 33.0 Å². The van der Waals surface area contributed by atoms with Crippen molar-refractivity contribution in [2.24, 2.45) is 23.7 Å². The van der Waals surface area contributed by atoms with Gasteiger partial charge in [-0.1, -0.05) is 60.9 Å². The number of ether oxygens (including phenoxy) is 11. The minimum absolute atomic E-state index is 0.0113. The van der Waals surface area contributed by atoms with Crippen LogP contribution in [0, 0.1) is 46.3 Å². The largest absolute Gasteiger partial charge is 0.465 e. The Bertz CT molecular complexity index is 3210. The minimum atomic E-state index is -0.700. The van der Waals surface area contributed by atoms with Gasteiger partial charge in [0.25, 0.3) is 0 Å². The third-order valence-corrected chi connectivity index (χ3v) is 16.9. The molecular weight excluding hydrogens is 1210 g/mol. The van der Waals surface area contributed by atoms with Crippen LogP contribution in [0.5, 0.6) is 23.0 Å². The van der Waals surface area contributed by atoms with E-state index in [1.807, 2.05) is 12.1 Å². The Kier molecular flexibility index (Phi) is 28.1. The van der Waals surface area contributed by atoms with Crippen LogP contribution >= 0.6 is 23.5 Å². The first-order valence-electron chi connectivity index (χ1n) is 29.3. The molecule has 3 unspecified atom stereocenters. The molecule has 3 aromatic rings. The SMILES string of the molecule is C=CC(=O)OCC(C)OC(=O)CCC(=O)OCCc1ccc(OC(=O)[C@H]2CC[C@H](C(=O)Oc3ccc(OC(=O)[C@H]4CC[C@H](C(=O)Oc5ccc(CCOC(=O)CCC(=O)OCC(C)OC(C)COC(=O)C=C)cc5)CC4)c4c3SC(=C(C#N)C#N)S4)CC2)cc1. The van der Waals surface area contributed by atoms with Crippen LogP contribution in [0.1, 0.15) is 109 Å². The Morgan fingerprint density at radius 3 is 1.20 bits per heavy atom. The fourth-order valence-electron chi connectivity index (χ4n) is 9.38. The maximum absolute atomic E-state index is 13.7. The molecule has 0 spiro atoms. The quantitative estimate of drug-likeness (QED) is 0.0190. The van der Waals surface area contributed by atoms with E-state index in [0.717, 1.165) is 46.8 Å². The Labute approximate surface area is 529 Å². The predicted octanol–water partition coefficient (Wildman–Crippen LogP) is 9.24. The van der Waals surface area contributed by atoms with Gasteiger partial charge in [0.1, 0.15) is 66.6 Å². The second-order valence-electron chi connectivity index (χ2n) is 21.2. The lowest BCUT2D eigenvalue weighted by atomic mass is 9.82. The lowest BCUT2D eigenvalue weighted by Gasteiger charge is -2.26. The molecule has 0 aromatic heterocycles. The fraction of sp³-hybridized carbons (Fsp3) is 0.446. The highest BCUT2D eigenvalue weighted by Crippen LogP contribution is 2.59. The van der Waals surface area contributed by atoms with Crippen LogP contribution in [0.3, 0.4) is 0 Å². The van der Waals surface area contributed by atoms with Crippen molar-refractivity contribution in [3.63, 3.8) is 0 Å². The third kappa shape index (κ3) is 23.0. The Morgan fingerprint density at radius 2 is 0.822 bits per heavy atom. The second kappa shape index (κ2) is 36.0. The summed E-state index contributed by atoms with van der Waals surface area (Å²) in [5, 5.41) is 19.4. The molecule has 478 valence electrons. The summed E-state index contributed by atoms with van der Waals surface area (Å²) in [6, 6.07) is 20.2.